The third-order valence-corrected chi connectivity index (χ3v) is 1.97. The molecular weight excluding hydrogens is 190 g/mol. The van der Waals surface area contributed by atoms with Crippen LogP contribution in [0, 0.1) is 0 Å². The van der Waals surface area contributed by atoms with E-state index < -0.39 is 0 Å². The van der Waals surface area contributed by atoms with Gasteiger partial charge in [0.2, 0.25) is 0 Å². The van der Waals surface area contributed by atoms with Crippen molar-refractivity contribution in [2.75, 3.05) is 17.7 Å². The van der Waals surface area contributed by atoms with Crippen molar-refractivity contribution in [3.05, 3.63) is 30.5 Å². The van der Waals surface area contributed by atoms with Gasteiger partial charge in [0.05, 0.1) is 0 Å². The van der Waals surface area contributed by atoms with Crippen molar-refractivity contribution in [1.29, 1.82) is 0 Å². The van der Waals surface area contributed by atoms with Crippen LogP contribution in [0.2, 0.25) is 0 Å². The lowest BCUT2D eigenvalue weighted by Crippen LogP contribution is -1.98. The molecular formula is C10H13N5. The Hall–Kier alpha value is -2.04. The minimum absolute atomic E-state index is 0.778. The lowest BCUT2D eigenvalue weighted by Gasteiger charge is -2.04. The maximum atomic E-state index is 4.32. The van der Waals surface area contributed by atoms with Crippen LogP contribution in [0.3, 0.4) is 0 Å². The molecule has 2 aromatic heterocycles. The maximum absolute atomic E-state index is 4.32. The Kier molecular flexibility index (Phi) is 2.53. The van der Waals surface area contributed by atoms with E-state index in [1.54, 1.807) is 4.68 Å². The van der Waals surface area contributed by atoms with Crippen LogP contribution >= 0.6 is 0 Å². The highest BCUT2D eigenvalue weighted by molar-refractivity contribution is 5.53. The summed E-state index contributed by atoms with van der Waals surface area (Å²) in [5.74, 6) is 2.40. The molecule has 0 bridgehead atoms. The smallest absolute Gasteiger partial charge is 0.153 e. The van der Waals surface area contributed by atoms with Crippen molar-refractivity contribution in [1.82, 2.24) is 14.8 Å². The molecule has 78 valence electrons. The van der Waals surface area contributed by atoms with Gasteiger partial charge in [0.1, 0.15) is 11.6 Å². The van der Waals surface area contributed by atoms with Crippen LogP contribution in [0.15, 0.2) is 30.5 Å². The molecule has 2 N–H and O–H groups in total. The van der Waals surface area contributed by atoms with E-state index in [0.717, 1.165) is 17.5 Å². The van der Waals surface area contributed by atoms with Crippen molar-refractivity contribution in [2.45, 2.75) is 0 Å². The van der Waals surface area contributed by atoms with E-state index >= 15 is 0 Å². The summed E-state index contributed by atoms with van der Waals surface area (Å²) in [7, 11) is 3.72. The summed E-state index contributed by atoms with van der Waals surface area (Å²) in [6, 6.07) is 7.64. The lowest BCUT2D eigenvalue weighted by atomic mass is 10.4. The molecule has 5 heteroatoms. The monoisotopic (exact) mass is 203 g/mol. The molecule has 0 radical (unpaired) electrons. The topological polar surface area (TPSA) is 54.8 Å². The predicted molar refractivity (Wildman–Crippen MR) is 60.3 cm³/mol. The van der Waals surface area contributed by atoms with E-state index in [2.05, 4.69) is 20.7 Å². The van der Waals surface area contributed by atoms with Gasteiger partial charge < -0.3 is 10.6 Å². The summed E-state index contributed by atoms with van der Waals surface area (Å²) >= 11 is 0. The van der Waals surface area contributed by atoms with Crippen LogP contribution in [0.4, 0.5) is 17.5 Å². The van der Waals surface area contributed by atoms with Crippen molar-refractivity contribution >= 4 is 17.5 Å². The van der Waals surface area contributed by atoms with Crippen LogP contribution in [-0.4, -0.2) is 21.8 Å². The van der Waals surface area contributed by atoms with Gasteiger partial charge in [-0.15, -0.1) is 0 Å². The van der Waals surface area contributed by atoms with Gasteiger partial charge in [-0.25, -0.2) is 4.98 Å². The molecule has 2 rings (SSSR count). The summed E-state index contributed by atoms with van der Waals surface area (Å²) < 4.78 is 1.74. The standard InChI is InChI=1S/C10H13N5/c1-11-8-4-3-5-9(12-8)13-10-6-7-15(2)14-10/h3-7H,1-2H3,(H2,11,12,13,14). The second-order valence-electron chi connectivity index (χ2n) is 3.16. The molecule has 0 aliphatic carbocycles. The number of hydrogen-bond acceptors (Lipinski definition) is 4. The second kappa shape index (κ2) is 4.00. The first-order chi connectivity index (χ1) is 7.28. The summed E-state index contributed by atoms with van der Waals surface area (Å²) in [5.41, 5.74) is 0. The van der Waals surface area contributed by atoms with E-state index in [0.29, 0.717) is 0 Å². The molecule has 0 amide bonds. The highest BCUT2D eigenvalue weighted by atomic mass is 15.3. The number of aromatic nitrogens is 3. The Labute approximate surface area is 88.1 Å². The summed E-state index contributed by atoms with van der Waals surface area (Å²) in [6.45, 7) is 0. The lowest BCUT2D eigenvalue weighted by molar-refractivity contribution is 0.771. The van der Waals surface area contributed by atoms with Crippen molar-refractivity contribution in [2.24, 2.45) is 7.05 Å². The third kappa shape index (κ3) is 2.25. The molecule has 15 heavy (non-hydrogen) atoms. The zero-order valence-corrected chi connectivity index (χ0v) is 8.73. The van der Waals surface area contributed by atoms with Crippen LogP contribution in [-0.2, 0) is 7.05 Å². The fourth-order valence-corrected chi connectivity index (χ4v) is 1.26. The molecule has 0 fully saturated rings. The fourth-order valence-electron chi connectivity index (χ4n) is 1.26. The Morgan fingerprint density at radius 3 is 2.60 bits per heavy atom. The molecule has 0 atom stereocenters. The quantitative estimate of drug-likeness (QED) is 0.795. The zero-order valence-electron chi connectivity index (χ0n) is 8.73. The highest BCUT2D eigenvalue weighted by Gasteiger charge is 1.99. The number of nitrogens with zero attached hydrogens (tertiary/aromatic N) is 3. The summed E-state index contributed by atoms with van der Waals surface area (Å²) in [6.07, 6.45) is 1.88. The summed E-state index contributed by atoms with van der Waals surface area (Å²) in [5, 5.41) is 10.3. The molecule has 0 saturated carbocycles. The van der Waals surface area contributed by atoms with E-state index in [4.69, 9.17) is 0 Å². The zero-order chi connectivity index (χ0) is 10.7. The van der Waals surface area contributed by atoms with E-state index in [9.17, 15) is 0 Å². The van der Waals surface area contributed by atoms with Crippen molar-refractivity contribution < 1.29 is 0 Å². The average Bonchev–Trinajstić information content (AvgIpc) is 2.64. The number of aryl methyl sites for hydroxylation is 1. The van der Waals surface area contributed by atoms with E-state index in [-0.39, 0.29) is 0 Å². The van der Waals surface area contributed by atoms with Crippen LogP contribution in [0.1, 0.15) is 0 Å². The molecule has 0 saturated heterocycles. The SMILES string of the molecule is CNc1cccc(Nc2ccn(C)n2)n1. The minimum Gasteiger partial charge on any atom is -0.373 e. The Morgan fingerprint density at radius 1 is 1.13 bits per heavy atom. The van der Waals surface area contributed by atoms with Crippen molar-refractivity contribution in [3.63, 3.8) is 0 Å². The first-order valence-electron chi connectivity index (χ1n) is 4.69. The van der Waals surface area contributed by atoms with E-state index in [1.807, 2.05) is 44.6 Å². The Balaban J connectivity index is 2.16. The third-order valence-electron chi connectivity index (χ3n) is 1.97. The minimum atomic E-state index is 0.778. The van der Waals surface area contributed by atoms with Crippen LogP contribution in [0.25, 0.3) is 0 Å². The largest absolute Gasteiger partial charge is 0.373 e. The summed E-state index contributed by atoms with van der Waals surface area (Å²) in [4.78, 5) is 4.32. The number of hydrogen-bond donors (Lipinski definition) is 2. The molecule has 0 aromatic carbocycles. The molecule has 0 spiro atoms. The number of nitrogens with one attached hydrogen (secondary N) is 2. The van der Waals surface area contributed by atoms with Crippen LogP contribution < -0.4 is 10.6 Å². The molecule has 0 unspecified atom stereocenters. The van der Waals surface area contributed by atoms with Gasteiger partial charge in [-0.05, 0) is 12.1 Å². The molecule has 0 aliphatic rings. The number of pyridine rings is 1. The molecule has 5 nitrogen and oxygen atoms in total. The van der Waals surface area contributed by atoms with Gasteiger partial charge >= 0.3 is 0 Å². The fraction of sp³-hybridized carbons (Fsp3) is 0.200. The van der Waals surface area contributed by atoms with Crippen LogP contribution in [0.5, 0.6) is 0 Å². The highest BCUT2D eigenvalue weighted by Crippen LogP contribution is 2.13. The van der Waals surface area contributed by atoms with Gasteiger partial charge in [0.15, 0.2) is 5.82 Å². The van der Waals surface area contributed by atoms with Gasteiger partial charge in [0.25, 0.3) is 0 Å². The maximum Gasteiger partial charge on any atom is 0.153 e. The normalized spacial score (nSPS) is 10.0. The Morgan fingerprint density at radius 2 is 1.93 bits per heavy atom. The number of rotatable bonds is 3. The molecule has 2 heterocycles. The van der Waals surface area contributed by atoms with E-state index in [1.165, 1.54) is 0 Å². The van der Waals surface area contributed by atoms with Gasteiger partial charge in [0, 0.05) is 26.4 Å². The predicted octanol–water partition coefficient (Wildman–Crippen LogP) is 1.60. The Bertz CT molecular complexity index is 449. The first kappa shape index (κ1) is 9.51. The van der Waals surface area contributed by atoms with Crippen molar-refractivity contribution in [3.8, 4) is 0 Å². The number of anilines is 3. The average molecular weight is 203 g/mol. The van der Waals surface area contributed by atoms with Gasteiger partial charge in [-0.2, -0.15) is 5.10 Å². The molecule has 2 aromatic rings. The second-order valence-corrected chi connectivity index (χ2v) is 3.16. The molecule has 0 aliphatic heterocycles. The van der Waals surface area contributed by atoms with Gasteiger partial charge in [-0.1, -0.05) is 6.07 Å². The first-order valence-corrected chi connectivity index (χ1v) is 4.69. The van der Waals surface area contributed by atoms with Gasteiger partial charge in [-0.3, -0.25) is 4.68 Å².